The van der Waals surface area contributed by atoms with Crippen LogP contribution in [-0.4, -0.2) is 119 Å². The van der Waals surface area contributed by atoms with Crippen LogP contribution in [0.5, 0.6) is 5.75 Å². The number of rotatable bonds is 20. The van der Waals surface area contributed by atoms with Crippen molar-refractivity contribution in [3.8, 4) is 5.75 Å². The van der Waals surface area contributed by atoms with E-state index in [1.165, 1.54) is 29.3 Å². The maximum atomic E-state index is 13.5. The first-order valence-electron chi connectivity index (χ1n) is 16.6. The lowest BCUT2D eigenvalue weighted by molar-refractivity contribution is -0.271. The molecule has 7 N–H and O–H groups in total. The van der Waals surface area contributed by atoms with Crippen LogP contribution in [0.4, 0.5) is 4.79 Å². The third-order valence-corrected chi connectivity index (χ3v) is 7.91. The molecule has 0 bridgehead atoms. The van der Waals surface area contributed by atoms with Gasteiger partial charge in [0.15, 0.2) is 6.10 Å². The van der Waals surface area contributed by atoms with Gasteiger partial charge in [0.05, 0.1) is 24.2 Å². The van der Waals surface area contributed by atoms with Gasteiger partial charge in [-0.2, -0.15) is 0 Å². The van der Waals surface area contributed by atoms with Crippen molar-refractivity contribution in [1.82, 2.24) is 10.6 Å². The average molecular weight is 734 g/mol. The molecular weight excluding hydrogens is 685 g/mol. The summed E-state index contributed by atoms with van der Waals surface area (Å²) in [5, 5.41) is 58.2. The Kier molecular flexibility index (Phi) is 18.0. The van der Waals surface area contributed by atoms with Crippen LogP contribution in [0.25, 0.3) is 0 Å². The number of aliphatic hydroxyl groups is 3. The quantitative estimate of drug-likeness (QED) is 0.0321. The fraction of sp³-hybridized carbons (Fsp3) is 0.529. The number of carbonyl (C=O) groups is 5. The number of oxime groups is 1. The van der Waals surface area contributed by atoms with Gasteiger partial charge in [-0.15, -0.1) is 0 Å². The zero-order chi connectivity index (χ0) is 39.0. The summed E-state index contributed by atoms with van der Waals surface area (Å²) in [5.74, 6) is -5.97. The normalized spacial score (nSPS) is 21.4. The summed E-state index contributed by atoms with van der Waals surface area (Å²) in [6, 6.07) is 2.14. The number of aliphatic hydroxyl groups excluding tert-OH is 3. The molecule has 6 atom stereocenters. The second-order valence-electron chi connectivity index (χ2n) is 12.3. The second kappa shape index (κ2) is 21.6. The zero-order valence-electron chi connectivity index (χ0n) is 29.9. The molecule has 0 aliphatic carbocycles. The SMILES string of the molecule is BC(=O)OCc1ccc(O[C@@H]2O[C@H](C(=O)O)[C@@H](O)[C@H](O)[C@H]2O)c(C(=O)N[C@@H](CC(=O)O)C(=O)NCCO/N=C(\C)CC/C(C)=C/CC/C(C)=C/C)c1. The number of hydrogen-bond donors (Lipinski definition) is 7. The fourth-order valence-corrected chi connectivity index (χ4v) is 4.74. The standard InChI is InChI=1S/C34H48BN3O14/c1-5-18(2)7-6-8-19(3)9-10-20(4)38-50-14-13-36-31(45)23(16-25(39)40)37-30(44)22-15-21(17-49-34(35)48)11-12-24(22)51-33-28(43)26(41)27(42)29(52-33)32(46)47/h5,8,11-12,15,23,26-29,33,41-43H,6-7,9-10,13-14,16-17,35H2,1-4H3,(H,36,45)(H,37,44)(H,39,40)(H,46,47)/b18-5+,19-8+,38-20+/t23-,26-,27-,28+,29-,33+/m0/s1. The van der Waals surface area contributed by atoms with E-state index in [4.69, 9.17) is 19.0 Å². The largest absolute Gasteiger partial charge is 0.481 e. The highest BCUT2D eigenvalue weighted by Crippen LogP contribution is 2.28. The van der Waals surface area contributed by atoms with Crippen LogP contribution in [0.2, 0.25) is 0 Å². The molecule has 2 amide bonds. The first-order valence-corrected chi connectivity index (χ1v) is 16.6. The van der Waals surface area contributed by atoms with E-state index >= 15 is 0 Å². The summed E-state index contributed by atoms with van der Waals surface area (Å²) < 4.78 is 15.7. The van der Waals surface area contributed by atoms with Crippen molar-refractivity contribution in [2.75, 3.05) is 13.2 Å². The minimum atomic E-state index is -2.00. The zero-order valence-corrected chi connectivity index (χ0v) is 29.9. The van der Waals surface area contributed by atoms with E-state index in [9.17, 15) is 49.5 Å². The molecule has 0 saturated carbocycles. The second-order valence-corrected chi connectivity index (χ2v) is 12.3. The number of carbonyl (C=O) groups excluding carboxylic acids is 3. The first kappa shape index (κ1) is 43.4. The van der Waals surface area contributed by atoms with E-state index < -0.39 is 72.8 Å². The Bertz CT molecular complexity index is 1510. The molecule has 1 heterocycles. The summed E-state index contributed by atoms with van der Waals surface area (Å²) in [6.07, 6.45) is -2.96. The number of carboxylic acids is 2. The van der Waals surface area contributed by atoms with Gasteiger partial charge in [-0.05, 0) is 71.1 Å². The Hall–Kier alpha value is -4.78. The summed E-state index contributed by atoms with van der Waals surface area (Å²) >= 11 is 0. The van der Waals surface area contributed by atoms with Gasteiger partial charge in [-0.25, -0.2) is 4.79 Å². The highest BCUT2D eigenvalue weighted by molar-refractivity contribution is 6.55. The van der Waals surface area contributed by atoms with Crippen LogP contribution in [0.3, 0.4) is 0 Å². The minimum absolute atomic E-state index is 0.0496. The van der Waals surface area contributed by atoms with E-state index in [1.54, 1.807) is 0 Å². The molecule has 1 aromatic rings. The van der Waals surface area contributed by atoms with E-state index in [1.807, 2.05) is 13.8 Å². The lowest BCUT2D eigenvalue weighted by Gasteiger charge is -2.38. The lowest BCUT2D eigenvalue weighted by atomic mass is 9.99. The Balaban J connectivity index is 2.11. The predicted octanol–water partition coefficient (Wildman–Crippen LogP) is 0.782. The molecule has 0 unspecified atom stereocenters. The van der Waals surface area contributed by atoms with Gasteiger partial charge < -0.3 is 55.2 Å². The van der Waals surface area contributed by atoms with Gasteiger partial charge in [0, 0.05) is 0 Å². The molecule has 2 rings (SSSR count). The molecular formula is C34H48BN3O14. The topological polar surface area (TPSA) is 260 Å². The molecule has 1 aliphatic heterocycles. The number of allylic oxidation sites excluding steroid dienone is 4. The molecule has 52 heavy (non-hydrogen) atoms. The lowest BCUT2D eigenvalue weighted by Crippen LogP contribution is -2.61. The molecule has 17 nitrogen and oxygen atoms in total. The number of benzene rings is 1. The molecule has 1 saturated heterocycles. The van der Waals surface area contributed by atoms with Gasteiger partial charge in [0.1, 0.15) is 43.3 Å². The Morgan fingerprint density at radius 2 is 1.71 bits per heavy atom. The van der Waals surface area contributed by atoms with Crippen molar-refractivity contribution >= 4 is 43.2 Å². The molecule has 0 radical (unpaired) electrons. The summed E-state index contributed by atoms with van der Waals surface area (Å²) in [5.41, 5.74) is 3.20. The van der Waals surface area contributed by atoms with Crippen molar-refractivity contribution in [2.24, 2.45) is 5.16 Å². The van der Waals surface area contributed by atoms with E-state index in [0.717, 1.165) is 32.8 Å². The van der Waals surface area contributed by atoms with Gasteiger partial charge in [0.2, 0.25) is 25.9 Å². The number of carboxylic acid groups (broad SMARTS) is 2. The van der Waals surface area contributed by atoms with Crippen molar-refractivity contribution in [3.63, 3.8) is 0 Å². The van der Waals surface area contributed by atoms with E-state index in [-0.39, 0.29) is 36.6 Å². The minimum Gasteiger partial charge on any atom is -0.481 e. The summed E-state index contributed by atoms with van der Waals surface area (Å²) in [4.78, 5) is 66.3. The monoisotopic (exact) mass is 733 g/mol. The molecule has 18 heteroatoms. The smallest absolute Gasteiger partial charge is 0.335 e. The maximum absolute atomic E-state index is 13.5. The number of ether oxygens (including phenoxy) is 3. The van der Waals surface area contributed by atoms with Gasteiger partial charge in [-0.1, -0.05) is 34.5 Å². The van der Waals surface area contributed by atoms with Crippen LogP contribution in [0, 0.1) is 0 Å². The predicted molar refractivity (Wildman–Crippen MR) is 187 cm³/mol. The van der Waals surface area contributed by atoms with Gasteiger partial charge in [0.25, 0.3) is 5.91 Å². The average Bonchev–Trinajstić information content (AvgIpc) is 3.09. The molecule has 0 spiro atoms. The van der Waals surface area contributed by atoms with Crippen molar-refractivity contribution in [3.05, 3.63) is 52.6 Å². The van der Waals surface area contributed by atoms with Crippen LogP contribution in [-0.2, 0) is 35.3 Å². The molecule has 1 aliphatic rings. The number of hydrogen-bond acceptors (Lipinski definition) is 13. The van der Waals surface area contributed by atoms with Crippen LogP contribution in [0.1, 0.15) is 75.7 Å². The third kappa shape index (κ3) is 14.5. The van der Waals surface area contributed by atoms with Crippen LogP contribution >= 0.6 is 0 Å². The molecule has 0 aromatic heterocycles. The Labute approximate surface area is 302 Å². The van der Waals surface area contributed by atoms with Crippen molar-refractivity contribution in [1.29, 1.82) is 0 Å². The third-order valence-electron chi connectivity index (χ3n) is 7.91. The number of aliphatic carboxylic acids is 2. The number of nitrogens with one attached hydrogen (secondary N) is 2. The summed E-state index contributed by atoms with van der Waals surface area (Å²) in [7, 11) is 1.16. The maximum Gasteiger partial charge on any atom is 0.335 e. The Morgan fingerprint density at radius 3 is 2.35 bits per heavy atom. The number of amides is 2. The summed E-state index contributed by atoms with van der Waals surface area (Å²) in [6.45, 7) is 7.55. The first-order chi connectivity index (χ1) is 24.5. The molecule has 1 fully saturated rings. The Morgan fingerprint density at radius 1 is 1.00 bits per heavy atom. The van der Waals surface area contributed by atoms with E-state index in [2.05, 4.69) is 41.8 Å². The van der Waals surface area contributed by atoms with Crippen molar-refractivity contribution < 1.29 is 68.6 Å². The molecule has 1 aromatic carbocycles. The van der Waals surface area contributed by atoms with Gasteiger partial charge >= 0.3 is 11.9 Å². The van der Waals surface area contributed by atoms with Crippen molar-refractivity contribution in [2.45, 2.75) is 103 Å². The van der Waals surface area contributed by atoms with Crippen LogP contribution in [0.15, 0.2) is 46.7 Å². The highest BCUT2D eigenvalue weighted by atomic mass is 16.7. The molecule has 286 valence electrons. The van der Waals surface area contributed by atoms with E-state index in [0.29, 0.717) is 6.42 Å². The van der Waals surface area contributed by atoms with Gasteiger partial charge in [-0.3, -0.25) is 19.2 Å². The highest BCUT2D eigenvalue weighted by Gasteiger charge is 2.48. The number of nitrogens with zero attached hydrogens (tertiary/aromatic N) is 1. The fourth-order valence-electron chi connectivity index (χ4n) is 4.74. The van der Waals surface area contributed by atoms with Crippen LogP contribution < -0.4 is 15.4 Å².